The molecule has 1 N–H and O–H groups in total. The normalized spacial score (nSPS) is 21.0. The van der Waals surface area contributed by atoms with Crippen LogP contribution < -0.4 is 4.74 Å². The van der Waals surface area contributed by atoms with Gasteiger partial charge >= 0.3 is 6.61 Å². The molecule has 10 heteroatoms. The van der Waals surface area contributed by atoms with E-state index >= 15 is 0 Å². The summed E-state index contributed by atoms with van der Waals surface area (Å²) in [5, 5.41) is 10.8. The number of imidazole rings is 1. The monoisotopic (exact) mass is 508 g/mol. The number of nitrogens with zero attached hydrogens (tertiary/aromatic N) is 4. The van der Waals surface area contributed by atoms with E-state index in [2.05, 4.69) is 16.7 Å². The Balaban J connectivity index is 1.46. The van der Waals surface area contributed by atoms with Crippen LogP contribution in [0.5, 0.6) is 5.75 Å². The number of fused-ring (bicyclic) bond motifs is 5. The molecule has 0 radical (unpaired) electrons. The molecule has 1 amide bonds. The van der Waals surface area contributed by atoms with Crippen LogP contribution >= 0.6 is 0 Å². The molecule has 0 saturated carbocycles. The Morgan fingerprint density at radius 3 is 2.73 bits per heavy atom. The van der Waals surface area contributed by atoms with Crippen molar-refractivity contribution in [2.45, 2.75) is 37.6 Å². The first-order chi connectivity index (χ1) is 17.8. The lowest BCUT2D eigenvalue weighted by Gasteiger charge is -2.49. The zero-order valence-electron chi connectivity index (χ0n) is 20.4. The van der Waals surface area contributed by atoms with Gasteiger partial charge < -0.3 is 19.5 Å². The van der Waals surface area contributed by atoms with Crippen molar-refractivity contribution < 1.29 is 28.2 Å². The Morgan fingerprint density at radius 2 is 2.05 bits per heavy atom. The van der Waals surface area contributed by atoms with E-state index in [9.17, 15) is 18.7 Å². The van der Waals surface area contributed by atoms with Crippen molar-refractivity contribution in [3.8, 4) is 23.3 Å². The molecule has 8 nitrogen and oxygen atoms in total. The summed E-state index contributed by atoms with van der Waals surface area (Å²) in [5.74, 6) is 6.21. The van der Waals surface area contributed by atoms with E-state index in [1.165, 1.54) is 12.1 Å². The molecule has 3 aliphatic heterocycles. The minimum Gasteiger partial charge on any atom is -0.433 e. The third-order valence-corrected chi connectivity index (χ3v) is 7.33. The van der Waals surface area contributed by atoms with Crippen molar-refractivity contribution in [1.82, 2.24) is 19.4 Å². The predicted octanol–water partition coefficient (Wildman–Crippen LogP) is 2.96. The van der Waals surface area contributed by atoms with Crippen LogP contribution in [0.3, 0.4) is 0 Å². The second-order valence-corrected chi connectivity index (χ2v) is 9.76. The van der Waals surface area contributed by atoms with E-state index < -0.39 is 12.2 Å². The average Bonchev–Trinajstić information content (AvgIpc) is 3.14. The molecule has 37 heavy (non-hydrogen) atoms. The first kappa shape index (κ1) is 23.9. The van der Waals surface area contributed by atoms with Gasteiger partial charge in [0.05, 0.1) is 41.9 Å². The minimum atomic E-state index is -3.06. The highest BCUT2D eigenvalue weighted by molar-refractivity contribution is 6.00. The maximum atomic E-state index is 13.3. The number of aromatic nitrogens is 2. The van der Waals surface area contributed by atoms with Gasteiger partial charge in [-0.15, -0.1) is 0 Å². The van der Waals surface area contributed by atoms with Crippen LogP contribution in [0.2, 0.25) is 0 Å². The number of hydrogen-bond donors (Lipinski definition) is 1. The zero-order valence-corrected chi connectivity index (χ0v) is 20.4. The van der Waals surface area contributed by atoms with Crippen molar-refractivity contribution in [1.29, 1.82) is 0 Å². The van der Waals surface area contributed by atoms with Gasteiger partial charge in [0.25, 0.3) is 5.91 Å². The molecule has 192 valence electrons. The summed E-state index contributed by atoms with van der Waals surface area (Å²) in [6.45, 7) is 1.18. The minimum absolute atomic E-state index is 0.105. The lowest BCUT2D eigenvalue weighted by Crippen LogP contribution is -2.67. The summed E-state index contributed by atoms with van der Waals surface area (Å²) in [6.07, 6.45) is 0.576. The number of hydrogen-bond acceptors (Lipinski definition) is 6. The number of carbonyl (C=O) groups excluding carboxylic acids is 1. The van der Waals surface area contributed by atoms with Crippen molar-refractivity contribution >= 4 is 16.9 Å². The maximum Gasteiger partial charge on any atom is 0.387 e. The molecule has 6 rings (SSSR count). The van der Waals surface area contributed by atoms with Gasteiger partial charge in [0, 0.05) is 25.7 Å². The molecule has 3 aliphatic rings. The van der Waals surface area contributed by atoms with Gasteiger partial charge in [0.1, 0.15) is 11.5 Å². The van der Waals surface area contributed by atoms with Crippen LogP contribution in [0.4, 0.5) is 8.78 Å². The Kier molecular flexibility index (Phi) is 5.67. The van der Waals surface area contributed by atoms with Crippen LogP contribution in [-0.4, -0.2) is 82.0 Å². The number of ether oxygens (including phenoxy) is 2. The second-order valence-electron chi connectivity index (χ2n) is 9.76. The molecule has 0 bridgehead atoms. The number of alkyl halides is 2. The molecule has 2 aromatic carbocycles. The fraction of sp³-hybridized carbons (Fsp3) is 0.407. The second kappa shape index (κ2) is 8.80. The number of rotatable bonds is 4. The molecular weight excluding hydrogens is 482 g/mol. The van der Waals surface area contributed by atoms with E-state index in [0.717, 1.165) is 0 Å². The topological polar surface area (TPSA) is 80.1 Å². The van der Waals surface area contributed by atoms with Crippen molar-refractivity contribution in [3.63, 3.8) is 0 Å². The Bertz CT molecular complexity index is 1450. The van der Waals surface area contributed by atoms with Crippen LogP contribution in [0.15, 0.2) is 36.4 Å². The van der Waals surface area contributed by atoms with Gasteiger partial charge in [-0.2, -0.15) is 8.78 Å². The van der Waals surface area contributed by atoms with Gasteiger partial charge in [-0.25, -0.2) is 4.98 Å². The quantitative estimate of drug-likeness (QED) is 0.546. The lowest BCUT2D eigenvalue weighted by atomic mass is 9.92. The number of β-amino-alcohol motifs (C(OH)–C–C–N with tert-alkyl or cyclic N) is 1. The fourth-order valence-electron chi connectivity index (χ4n) is 5.29. The lowest BCUT2D eigenvalue weighted by molar-refractivity contribution is -0.144. The number of carbonyl (C=O) groups is 1. The number of para-hydroxylation sites is 1. The molecule has 2 fully saturated rings. The molecule has 1 atom stereocenters. The third kappa shape index (κ3) is 3.94. The van der Waals surface area contributed by atoms with Gasteiger partial charge in [0.15, 0.2) is 11.4 Å². The number of aliphatic hydroxyl groups is 1. The van der Waals surface area contributed by atoms with Crippen LogP contribution in [0.1, 0.15) is 41.1 Å². The molecular formula is C27H26F2N4O4. The van der Waals surface area contributed by atoms with Crippen molar-refractivity contribution in [2.24, 2.45) is 0 Å². The third-order valence-electron chi connectivity index (χ3n) is 7.33. The van der Waals surface area contributed by atoms with Crippen LogP contribution in [0.25, 0.3) is 16.7 Å². The summed E-state index contributed by atoms with van der Waals surface area (Å²) in [6, 6.07) is 9.97. The summed E-state index contributed by atoms with van der Waals surface area (Å²) in [5.41, 5.74) is 1.28. The summed E-state index contributed by atoms with van der Waals surface area (Å²) in [4.78, 5) is 21.9. The van der Waals surface area contributed by atoms with E-state index in [1.54, 1.807) is 22.6 Å². The Morgan fingerprint density at radius 1 is 1.27 bits per heavy atom. The highest BCUT2D eigenvalue weighted by atomic mass is 19.3. The van der Waals surface area contributed by atoms with Crippen molar-refractivity contribution in [2.75, 3.05) is 33.4 Å². The molecule has 1 aromatic heterocycles. The molecule has 3 aromatic rings. The Labute approximate surface area is 212 Å². The number of likely N-dealkylation sites (tertiary alicyclic amines) is 1. The highest BCUT2D eigenvalue weighted by Crippen LogP contribution is 2.40. The molecule has 0 aliphatic carbocycles. The standard InChI is InChI=1S/C27H26F2N4O4/c1-3-20-24-30-19-8-7-16(9-10-27(35)14-32(15-27)17-12-36-13-17)11-21(19)33(24)23-18(25(34)31(20)2)5-4-6-22(23)37-26(28)29/h4-8,11,17,20,26,35H,3,12-15H2,1-2H3. The van der Waals surface area contributed by atoms with Gasteiger partial charge in [-0.05, 0) is 36.8 Å². The number of amides is 1. The smallest absolute Gasteiger partial charge is 0.387 e. The summed E-state index contributed by atoms with van der Waals surface area (Å²) in [7, 11) is 1.69. The Hall–Kier alpha value is -3.52. The molecule has 0 spiro atoms. The first-order valence-electron chi connectivity index (χ1n) is 12.2. The van der Waals surface area contributed by atoms with Gasteiger partial charge in [-0.1, -0.05) is 24.8 Å². The predicted molar refractivity (Wildman–Crippen MR) is 131 cm³/mol. The average molecular weight is 509 g/mol. The van der Waals surface area contributed by atoms with Crippen LogP contribution in [-0.2, 0) is 4.74 Å². The summed E-state index contributed by atoms with van der Waals surface area (Å²) < 4.78 is 38.5. The molecule has 1 unspecified atom stereocenters. The van der Waals surface area contributed by atoms with Gasteiger partial charge in [0.2, 0.25) is 0 Å². The van der Waals surface area contributed by atoms with Crippen LogP contribution in [0, 0.1) is 11.8 Å². The number of benzene rings is 2. The van der Waals surface area contributed by atoms with E-state index in [0.29, 0.717) is 61.2 Å². The van der Waals surface area contributed by atoms with E-state index in [1.807, 2.05) is 25.1 Å². The van der Waals surface area contributed by atoms with E-state index in [4.69, 9.17) is 14.5 Å². The van der Waals surface area contributed by atoms with E-state index in [-0.39, 0.29) is 28.9 Å². The number of halogens is 2. The SMILES string of the molecule is CCC1c2nc3ccc(C#CC4(O)CN(C5COC5)C4)cc3n2-c2c(OC(F)F)cccc2C(=O)N1C. The highest BCUT2D eigenvalue weighted by Gasteiger charge is 2.45. The summed E-state index contributed by atoms with van der Waals surface area (Å²) >= 11 is 0. The molecule has 4 heterocycles. The van der Waals surface area contributed by atoms with Crippen molar-refractivity contribution in [3.05, 3.63) is 53.3 Å². The fourth-order valence-corrected chi connectivity index (χ4v) is 5.29. The first-order valence-corrected chi connectivity index (χ1v) is 12.2. The van der Waals surface area contributed by atoms with Gasteiger partial charge in [-0.3, -0.25) is 14.3 Å². The zero-order chi connectivity index (χ0) is 25.9. The largest absolute Gasteiger partial charge is 0.433 e. The molecule has 2 saturated heterocycles. The maximum absolute atomic E-state index is 13.3.